The van der Waals surface area contributed by atoms with Gasteiger partial charge in [-0.05, 0) is 39.9 Å². The van der Waals surface area contributed by atoms with Crippen LogP contribution in [0.3, 0.4) is 0 Å². The molecule has 0 saturated heterocycles. The molecular formula is C27H21N. The predicted octanol–water partition coefficient (Wildman–Crippen LogP) is 7.02. The van der Waals surface area contributed by atoms with Crippen LogP contribution in [-0.2, 0) is 0 Å². The Bertz CT molecular complexity index is 1160. The monoisotopic (exact) mass is 359 g/mol. The Morgan fingerprint density at radius 3 is 1.82 bits per heavy atom. The third-order valence-electron chi connectivity index (χ3n) is 5.42. The van der Waals surface area contributed by atoms with Gasteiger partial charge in [0.2, 0.25) is 0 Å². The fraction of sp³-hybridized carbons (Fsp3) is 0.0370. The first-order chi connectivity index (χ1) is 13.9. The van der Waals surface area contributed by atoms with E-state index in [9.17, 15) is 0 Å². The Morgan fingerprint density at radius 1 is 0.500 bits per heavy atom. The van der Waals surface area contributed by atoms with Crippen LogP contribution in [0.1, 0.15) is 22.6 Å². The SMILES string of the molecule is c1ccc(C(c2ccccc2)c2ccccc2-c2cccc3[nH]ccc23)cc1. The summed E-state index contributed by atoms with van der Waals surface area (Å²) in [6, 6.07) is 39.0. The van der Waals surface area contributed by atoms with Crippen molar-refractivity contribution in [2.75, 3.05) is 0 Å². The lowest BCUT2D eigenvalue weighted by Crippen LogP contribution is -2.05. The highest BCUT2D eigenvalue weighted by Gasteiger charge is 2.20. The Morgan fingerprint density at radius 2 is 1.11 bits per heavy atom. The number of H-pyrrole nitrogens is 1. The van der Waals surface area contributed by atoms with Crippen molar-refractivity contribution in [1.29, 1.82) is 0 Å². The molecule has 1 heterocycles. The van der Waals surface area contributed by atoms with Crippen LogP contribution in [0, 0.1) is 0 Å². The second-order valence-corrected chi connectivity index (χ2v) is 7.09. The van der Waals surface area contributed by atoms with Crippen LogP contribution in [0.4, 0.5) is 0 Å². The molecule has 0 aliphatic carbocycles. The van der Waals surface area contributed by atoms with Crippen molar-refractivity contribution in [3.8, 4) is 11.1 Å². The lowest BCUT2D eigenvalue weighted by molar-refractivity contribution is 0.980. The summed E-state index contributed by atoms with van der Waals surface area (Å²) < 4.78 is 0. The van der Waals surface area contributed by atoms with Crippen LogP contribution >= 0.6 is 0 Å². The smallest absolute Gasteiger partial charge is 0.0460 e. The van der Waals surface area contributed by atoms with Gasteiger partial charge in [0.25, 0.3) is 0 Å². The Balaban J connectivity index is 1.77. The molecule has 134 valence electrons. The van der Waals surface area contributed by atoms with Crippen LogP contribution in [0.5, 0.6) is 0 Å². The summed E-state index contributed by atoms with van der Waals surface area (Å²) in [5.74, 6) is 0.188. The van der Waals surface area contributed by atoms with Crippen molar-refractivity contribution < 1.29 is 0 Å². The van der Waals surface area contributed by atoms with E-state index in [0.29, 0.717) is 0 Å². The summed E-state index contributed by atoms with van der Waals surface area (Å²) >= 11 is 0. The molecule has 0 fully saturated rings. The zero-order chi connectivity index (χ0) is 18.8. The van der Waals surface area contributed by atoms with E-state index < -0.39 is 0 Å². The predicted molar refractivity (Wildman–Crippen MR) is 118 cm³/mol. The normalized spacial score (nSPS) is 11.2. The Hall–Kier alpha value is -3.58. The highest BCUT2D eigenvalue weighted by Crippen LogP contribution is 2.39. The minimum atomic E-state index is 0.188. The van der Waals surface area contributed by atoms with Crippen molar-refractivity contribution in [3.05, 3.63) is 132 Å². The maximum Gasteiger partial charge on any atom is 0.0460 e. The number of hydrogen-bond acceptors (Lipinski definition) is 0. The van der Waals surface area contributed by atoms with E-state index in [1.807, 2.05) is 6.20 Å². The third-order valence-corrected chi connectivity index (χ3v) is 5.42. The number of nitrogens with one attached hydrogen (secondary N) is 1. The zero-order valence-corrected chi connectivity index (χ0v) is 15.5. The minimum Gasteiger partial charge on any atom is -0.361 e. The molecule has 0 spiro atoms. The molecule has 1 heteroatoms. The molecule has 1 nitrogen and oxygen atoms in total. The average Bonchev–Trinajstić information content (AvgIpc) is 3.25. The van der Waals surface area contributed by atoms with E-state index in [2.05, 4.69) is 114 Å². The van der Waals surface area contributed by atoms with Crippen molar-refractivity contribution in [2.45, 2.75) is 5.92 Å². The molecular weight excluding hydrogens is 338 g/mol. The van der Waals surface area contributed by atoms with Gasteiger partial charge in [0, 0.05) is 23.0 Å². The topological polar surface area (TPSA) is 15.8 Å². The van der Waals surface area contributed by atoms with Crippen LogP contribution in [0.2, 0.25) is 0 Å². The zero-order valence-electron chi connectivity index (χ0n) is 15.5. The number of benzene rings is 4. The highest BCUT2D eigenvalue weighted by atomic mass is 14.7. The summed E-state index contributed by atoms with van der Waals surface area (Å²) in [7, 11) is 0. The lowest BCUT2D eigenvalue weighted by atomic mass is 9.81. The van der Waals surface area contributed by atoms with Crippen molar-refractivity contribution in [2.24, 2.45) is 0 Å². The second-order valence-electron chi connectivity index (χ2n) is 7.09. The first-order valence-corrected chi connectivity index (χ1v) is 9.67. The molecule has 0 amide bonds. The van der Waals surface area contributed by atoms with Gasteiger partial charge < -0.3 is 4.98 Å². The molecule has 0 atom stereocenters. The van der Waals surface area contributed by atoms with E-state index in [1.165, 1.54) is 38.7 Å². The van der Waals surface area contributed by atoms with Crippen LogP contribution < -0.4 is 0 Å². The number of hydrogen-bond donors (Lipinski definition) is 1. The van der Waals surface area contributed by atoms with Gasteiger partial charge >= 0.3 is 0 Å². The van der Waals surface area contributed by atoms with Crippen molar-refractivity contribution >= 4 is 10.9 Å². The summed E-state index contributed by atoms with van der Waals surface area (Å²) in [6.45, 7) is 0. The van der Waals surface area contributed by atoms with Crippen LogP contribution in [0.15, 0.2) is 115 Å². The maximum atomic E-state index is 3.34. The molecule has 1 aromatic heterocycles. The molecule has 0 saturated carbocycles. The molecule has 1 N–H and O–H groups in total. The Labute approximate surface area is 165 Å². The third kappa shape index (κ3) is 2.91. The van der Waals surface area contributed by atoms with E-state index in [4.69, 9.17) is 0 Å². The highest BCUT2D eigenvalue weighted by molar-refractivity contribution is 5.96. The number of aromatic amines is 1. The quantitative estimate of drug-likeness (QED) is 0.332. The largest absolute Gasteiger partial charge is 0.361 e. The molecule has 5 rings (SSSR count). The van der Waals surface area contributed by atoms with E-state index in [-0.39, 0.29) is 5.92 Å². The average molecular weight is 359 g/mol. The van der Waals surface area contributed by atoms with Crippen molar-refractivity contribution in [3.63, 3.8) is 0 Å². The molecule has 0 bridgehead atoms. The van der Waals surface area contributed by atoms with Gasteiger partial charge in [0.1, 0.15) is 0 Å². The molecule has 28 heavy (non-hydrogen) atoms. The number of fused-ring (bicyclic) bond motifs is 1. The van der Waals surface area contributed by atoms with E-state index >= 15 is 0 Å². The van der Waals surface area contributed by atoms with Gasteiger partial charge in [-0.2, -0.15) is 0 Å². The molecule has 0 radical (unpaired) electrons. The Kier molecular flexibility index (Phi) is 4.27. The van der Waals surface area contributed by atoms with Gasteiger partial charge in [0.15, 0.2) is 0 Å². The van der Waals surface area contributed by atoms with Gasteiger partial charge in [-0.25, -0.2) is 0 Å². The summed E-state index contributed by atoms with van der Waals surface area (Å²) in [4.78, 5) is 3.34. The first kappa shape index (κ1) is 16.6. The summed E-state index contributed by atoms with van der Waals surface area (Å²) in [6.07, 6.45) is 2.02. The van der Waals surface area contributed by atoms with Gasteiger partial charge in [-0.1, -0.05) is 97.1 Å². The number of aromatic nitrogens is 1. The maximum absolute atomic E-state index is 3.34. The second kappa shape index (κ2) is 7.21. The van der Waals surface area contributed by atoms with Crippen LogP contribution in [-0.4, -0.2) is 4.98 Å². The van der Waals surface area contributed by atoms with Gasteiger partial charge in [-0.3, -0.25) is 0 Å². The standard InChI is InChI=1S/C27H21N/c1-3-10-20(11-4-1)27(21-12-5-2-6-13-21)25-15-8-7-14-23(25)22-16-9-17-26-24(22)18-19-28-26/h1-19,27-28H. The summed E-state index contributed by atoms with van der Waals surface area (Å²) in [5, 5.41) is 1.26. The molecule has 0 aliphatic rings. The minimum absolute atomic E-state index is 0.188. The van der Waals surface area contributed by atoms with Crippen molar-refractivity contribution in [1.82, 2.24) is 4.98 Å². The molecule has 4 aromatic carbocycles. The van der Waals surface area contributed by atoms with E-state index in [1.54, 1.807) is 0 Å². The fourth-order valence-electron chi connectivity index (χ4n) is 4.16. The van der Waals surface area contributed by atoms with Gasteiger partial charge in [0.05, 0.1) is 0 Å². The number of rotatable bonds is 4. The van der Waals surface area contributed by atoms with Crippen LogP contribution in [0.25, 0.3) is 22.0 Å². The van der Waals surface area contributed by atoms with Gasteiger partial charge in [-0.15, -0.1) is 0 Å². The first-order valence-electron chi connectivity index (χ1n) is 9.67. The lowest BCUT2D eigenvalue weighted by Gasteiger charge is -2.22. The van der Waals surface area contributed by atoms with E-state index in [0.717, 1.165) is 0 Å². The molecule has 5 aromatic rings. The fourth-order valence-corrected chi connectivity index (χ4v) is 4.16. The summed E-state index contributed by atoms with van der Waals surface area (Å²) in [5.41, 5.74) is 7.67. The molecule has 0 aliphatic heterocycles. The molecule has 0 unspecified atom stereocenters.